The minimum absolute atomic E-state index is 0.179. The van der Waals surface area contributed by atoms with Crippen LogP contribution in [0, 0.1) is 0 Å². The molecule has 4 aromatic rings. The molecule has 0 bridgehead atoms. The lowest BCUT2D eigenvalue weighted by Crippen LogP contribution is -2.18. The fourth-order valence-corrected chi connectivity index (χ4v) is 4.88. The molecule has 0 spiro atoms. The van der Waals surface area contributed by atoms with E-state index in [2.05, 4.69) is 70.4 Å². The van der Waals surface area contributed by atoms with E-state index in [-0.39, 0.29) is 6.04 Å². The van der Waals surface area contributed by atoms with Crippen molar-refractivity contribution in [3.05, 3.63) is 94.0 Å². The molecule has 0 unspecified atom stereocenters. The van der Waals surface area contributed by atoms with Gasteiger partial charge in [-0.25, -0.2) is 9.99 Å². The Morgan fingerprint density at radius 2 is 1.63 bits per heavy atom. The van der Waals surface area contributed by atoms with Crippen molar-refractivity contribution in [2.24, 2.45) is 5.10 Å². The number of anilines is 1. The zero-order chi connectivity index (χ0) is 18.1. The van der Waals surface area contributed by atoms with E-state index in [0.717, 1.165) is 28.5 Å². The van der Waals surface area contributed by atoms with E-state index in [1.54, 1.807) is 22.7 Å². The summed E-state index contributed by atoms with van der Waals surface area (Å²) in [6.07, 6.45) is 0.894. The van der Waals surface area contributed by atoms with Crippen LogP contribution >= 0.6 is 22.7 Å². The second-order valence-electron chi connectivity index (χ2n) is 6.38. The molecule has 3 nitrogen and oxygen atoms in total. The highest BCUT2D eigenvalue weighted by molar-refractivity contribution is 7.14. The van der Waals surface area contributed by atoms with E-state index >= 15 is 0 Å². The molecule has 2 aromatic carbocycles. The minimum Gasteiger partial charge on any atom is -0.231 e. The second-order valence-corrected chi connectivity index (χ2v) is 8.16. The van der Waals surface area contributed by atoms with Crippen LogP contribution in [-0.2, 0) is 0 Å². The Morgan fingerprint density at radius 3 is 2.37 bits per heavy atom. The monoisotopic (exact) mass is 387 g/mol. The van der Waals surface area contributed by atoms with Gasteiger partial charge in [-0.05, 0) is 17.0 Å². The quantitative estimate of drug-likeness (QED) is 0.415. The normalized spacial score (nSPS) is 16.5. The molecule has 3 heterocycles. The molecule has 1 atom stereocenters. The molecule has 0 aliphatic carbocycles. The first-order chi connectivity index (χ1) is 13.4. The van der Waals surface area contributed by atoms with Crippen LogP contribution in [0.5, 0.6) is 0 Å². The van der Waals surface area contributed by atoms with Gasteiger partial charge in [0.2, 0.25) is 5.13 Å². The van der Waals surface area contributed by atoms with Crippen LogP contribution in [0.15, 0.2) is 88.7 Å². The number of nitrogens with zero attached hydrogens (tertiary/aromatic N) is 3. The summed E-state index contributed by atoms with van der Waals surface area (Å²) in [7, 11) is 0. The van der Waals surface area contributed by atoms with Gasteiger partial charge in [0.15, 0.2) is 0 Å². The topological polar surface area (TPSA) is 28.5 Å². The van der Waals surface area contributed by atoms with Gasteiger partial charge in [0.25, 0.3) is 0 Å². The van der Waals surface area contributed by atoms with Crippen molar-refractivity contribution >= 4 is 33.5 Å². The smallest absolute Gasteiger partial charge is 0.207 e. The first kappa shape index (κ1) is 16.4. The van der Waals surface area contributed by atoms with E-state index in [1.807, 2.05) is 18.2 Å². The van der Waals surface area contributed by atoms with Crippen molar-refractivity contribution in [3.63, 3.8) is 0 Å². The summed E-state index contributed by atoms with van der Waals surface area (Å²) in [6, 6.07) is 25.3. The summed E-state index contributed by atoms with van der Waals surface area (Å²) < 4.78 is 0. The maximum absolute atomic E-state index is 4.97. The number of thiazole rings is 1. The number of hydrogen-bond donors (Lipinski definition) is 0. The summed E-state index contributed by atoms with van der Waals surface area (Å²) in [4.78, 5) is 6.13. The average Bonchev–Trinajstić information content (AvgIpc) is 3.49. The van der Waals surface area contributed by atoms with Crippen LogP contribution in [0.4, 0.5) is 5.13 Å². The standard InChI is InChI=1S/C22H17N3S2/c1-3-8-16(9-4-1)19-15-27-22(23-19)25-20(17-10-5-2-6-11-17)14-18(24-25)21-12-7-13-26-21/h1-13,15,20H,14H2/t20-/m0/s1. The molecule has 0 amide bonds. The summed E-state index contributed by atoms with van der Waals surface area (Å²) in [5.74, 6) is 0. The van der Waals surface area contributed by atoms with E-state index in [1.165, 1.54) is 10.4 Å². The number of hydrazone groups is 1. The van der Waals surface area contributed by atoms with E-state index in [0.29, 0.717) is 0 Å². The molecule has 132 valence electrons. The van der Waals surface area contributed by atoms with Crippen LogP contribution < -0.4 is 5.01 Å². The minimum atomic E-state index is 0.179. The lowest BCUT2D eigenvalue weighted by atomic mass is 10.0. The summed E-state index contributed by atoms with van der Waals surface area (Å²) in [6.45, 7) is 0. The highest BCUT2D eigenvalue weighted by Crippen LogP contribution is 2.39. The van der Waals surface area contributed by atoms with Gasteiger partial charge in [-0.1, -0.05) is 66.7 Å². The number of benzene rings is 2. The molecule has 2 aromatic heterocycles. The number of hydrogen-bond acceptors (Lipinski definition) is 5. The Labute approximate surface area is 166 Å². The van der Waals surface area contributed by atoms with Gasteiger partial charge in [-0.2, -0.15) is 5.10 Å². The third-order valence-electron chi connectivity index (χ3n) is 4.66. The maximum Gasteiger partial charge on any atom is 0.207 e. The third-order valence-corrected chi connectivity index (χ3v) is 6.41. The molecule has 1 aliphatic heterocycles. The lowest BCUT2D eigenvalue weighted by Gasteiger charge is -2.21. The lowest BCUT2D eigenvalue weighted by molar-refractivity contribution is 0.706. The van der Waals surface area contributed by atoms with E-state index in [4.69, 9.17) is 10.1 Å². The van der Waals surface area contributed by atoms with E-state index < -0.39 is 0 Å². The Morgan fingerprint density at radius 1 is 0.852 bits per heavy atom. The van der Waals surface area contributed by atoms with Crippen molar-refractivity contribution in [3.8, 4) is 11.3 Å². The van der Waals surface area contributed by atoms with Crippen LogP contribution in [0.1, 0.15) is 22.9 Å². The van der Waals surface area contributed by atoms with Crippen molar-refractivity contribution in [1.29, 1.82) is 0 Å². The SMILES string of the molecule is c1ccc(-c2csc(N3N=C(c4cccs4)C[C@H]3c3ccccc3)n2)cc1. The molecular formula is C22H17N3S2. The van der Waals surface area contributed by atoms with Gasteiger partial charge in [0.05, 0.1) is 22.3 Å². The Hall–Kier alpha value is -2.76. The summed E-state index contributed by atoms with van der Waals surface area (Å²) in [5.41, 5.74) is 4.54. The first-order valence-electron chi connectivity index (χ1n) is 8.85. The molecular weight excluding hydrogens is 370 g/mol. The van der Waals surface area contributed by atoms with Gasteiger partial charge < -0.3 is 0 Å². The molecule has 0 saturated heterocycles. The Balaban J connectivity index is 1.54. The molecule has 0 fully saturated rings. The van der Waals surface area contributed by atoms with Crippen molar-refractivity contribution < 1.29 is 0 Å². The van der Waals surface area contributed by atoms with Crippen LogP contribution in [0.3, 0.4) is 0 Å². The molecule has 1 aliphatic rings. The molecule has 0 saturated carbocycles. The zero-order valence-electron chi connectivity index (χ0n) is 14.5. The highest BCUT2D eigenvalue weighted by Gasteiger charge is 2.31. The molecule has 5 rings (SSSR count). The fraction of sp³-hybridized carbons (Fsp3) is 0.0909. The average molecular weight is 388 g/mol. The van der Waals surface area contributed by atoms with Crippen LogP contribution in [-0.4, -0.2) is 10.7 Å². The molecule has 5 heteroatoms. The molecule has 27 heavy (non-hydrogen) atoms. The third kappa shape index (κ3) is 3.20. The second kappa shape index (κ2) is 7.10. The van der Waals surface area contributed by atoms with Crippen molar-refractivity contribution in [2.45, 2.75) is 12.5 Å². The first-order valence-corrected chi connectivity index (χ1v) is 10.6. The Kier molecular flexibility index (Phi) is 4.32. The number of aromatic nitrogens is 1. The van der Waals surface area contributed by atoms with Gasteiger partial charge in [0, 0.05) is 17.4 Å². The number of thiophene rings is 1. The summed E-state index contributed by atoms with van der Waals surface area (Å²) in [5, 5.41) is 12.2. The number of rotatable bonds is 4. The van der Waals surface area contributed by atoms with Crippen molar-refractivity contribution in [1.82, 2.24) is 4.98 Å². The zero-order valence-corrected chi connectivity index (χ0v) is 16.2. The Bertz CT molecular complexity index is 1050. The fourth-order valence-electron chi connectivity index (χ4n) is 3.32. The van der Waals surface area contributed by atoms with Gasteiger partial charge in [-0.15, -0.1) is 22.7 Å². The van der Waals surface area contributed by atoms with E-state index in [9.17, 15) is 0 Å². The van der Waals surface area contributed by atoms with Crippen molar-refractivity contribution in [2.75, 3.05) is 5.01 Å². The summed E-state index contributed by atoms with van der Waals surface area (Å²) >= 11 is 3.39. The van der Waals surface area contributed by atoms with Crippen LogP contribution in [0.2, 0.25) is 0 Å². The van der Waals surface area contributed by atoms with Gasteiger partial charge in [0.1, 0.15) is 0 Å². The van der Waals surface area contributed by atoms with Gasteiger partial charge >= 0.3 is 0 Å². The van der Waals surface area contributed by atoms with Gasteiger partial charge in [-0.3, -0.25) is 0 Å². The molecule has 0 radical (unpaired) electrons. The largest absolute Gasteiger partial charge is 0.231 e. The maximum atomic E-state index is 4.97. The highest BCUT2D eigenvalue weighted by atomic mass is 32.1. The predicted molar refractivity (Wildman–Crippen MR) is 115 cm³/mol. The molecule has 0 N–H and O–H groups in total. The predicted octanol–water partition coefficient (Wildman–Crippen LogP) is 6.23. The van der Waals surface area contributed by atoms with Crippen LogP contribution in [0.25, 0.3) is 11.3 Å².